The quantitative estimate of drug-likeness (QED) is 0.365. The maximum atomic E-state index is 12.1. The molecule has 1 N–H and O–H groups in total. The Morgan fingerprint density at radius 3 is 2.54 bits per heavy atom. The summed E-state index contributed by atoms with van der Waals surface area (Å²) in [6.45, 7) is 1.68. The van der Waals surface area contributed by atoms with Crippen LogP contribution < -0.4 is 14.9 Å². The van der Waals surface area contributed by atoms with E-state index >= 15 is 0 Å². The van der Waals surface area contributed by atoms with E-state index in [4.69, 9.17) is 9.47 Å². The van der Waals surface area contributed by atoms with Crippen molar-refractivity contribution in [3.8, 4) is 11.5 Å². The standard InChI is InChI=1S/C21H18Br2N2O3/c1-13(14-3-7-17(27-2)8-4-14)24-25-20(26)12-28-19-10-5-15-11-16(22)6-9-18(15)21(19)23/h3-11H,12H2,1-2H3,(H,25,26)/b24-13+. The van der Waals surface area contributed by atoms with E-state index in [1.807, 2.05) is 61.5 Å². The molecule has 0 aliphatic carbocycles. The molecule has 0 aliphatic rings. The van der Waals surface area contributed by atoms with Gasteiger partial charge in [-0.15, -0.1) is 0 Å². The minimum atomic E-state index is -0.337. The Morgan fingerprint density at radius 2 is 1.82 bits per heavy atom. The van der Waals surface area contributed by atoms with Gasteiger partial charge in [-0.25, -0.2) is 5.43 Å². The van der Waals surface area contributed by atoms with Gasteiger partial charge >= 0.3 is 0 Å². The summed E-state index contributed by atoms with van der Waals surface area (Å²) in [7, 11) is 1.61. The fourth-order valence-electron chi connectivity index (χ4n) is 2.57. The van der Waals surface area contributed by atoms with Gasteiger partial charge < -0.3 is 9.47 Å². The molecule has 28 heavy (non-hydrogen) atoms. The molecular formula is C21H18Br2N2O3. The van der Waals surface area contributed by atoms with Crippen molar-refractivity contribution in [1.29, 1.82) is 0 Å². The Hall–Kier alpha value is -2.38. The van der Waals surface area contributed by atoms with Gasteiger partial charge in [-0.1, -0.05) is 28.1 Å². The molecule has 0 radical (unpaired) electrons. The molecule has 3 aromatic carbocycles. The molecule has 7 heteroatoms. The van der Waals surface area contributed by atoms with Crippen molar-refractivity contribution in [3.63, 3.8) is 0 Å². The minimum Gasteiger partial charge on any atom is -0.497 e. The van der Waals surface area contributed by atoms with Crippen LogP contribution in [-0.2, 0) is 4.79 Å². The molecule has 0 aromatic heterocycles. The second kappa shape index (κ2) is 9.21. The van der Waals surface area contributed by atoms with Crippen LogP contribution in [0.15, 0.2) is 68.6 Å². The molecule has 1 amide bonds. The second-order valence-electron chi connectivity index (χ2n) is 5.99. The lowest BCUT2D eigenvalue weighted by Gasteiger charge is -2.10. The summed E-state index contributed by atoms with van der Waals surface area (Å²) in [5.41, 5.74) is 4.10. The van der Waals surface area contributed by atoms with E-state index in [2.05, 4.69) is 42.4 Å². The molecule has 0 fully saturated rings. The third kappa shape index (κ3) is 4.91. The number of rotatable bonds is 6. The molecule has 0 saturated heterocycles. The first-order valence-electron chi connectivity index (χ1n) is 8.46. The Balaban J connectivity index is 1.61. The fraction of sp³-hybridized carbons (Fsp3) is 0.143. The number of nitrogens with zero attached hydrogens (tertiary/aromatic N) is 1. The molecule has 144 valence electrons. The summed E-state index contributed by atoms with van der Waals surface area (Å²) in [4.78, 5) is 12.1. The lowest BCUT2D eigenvalue weighted by Crippen LogP contribution is -2.25. The van der Waals surface area contributed by atoms with Gasteiger partial charge in [0.05, 0.1) is 17.3 Å². The highest BCUT2D eigenvalue weighted by atomic mass is 79.9. The highest BCUT2D eigenvalue weighted by Crippen LogP contribution is 2.34. The van der Waals surface area contributed by atoms with Crippen LogP contribution in [-0.4, -0.2) is 25.3 Å². The van der Waals surface area contributed by atoms with Gasteiger partial charge in [-0.05, 0) is 81.7 Å². The first kappa shape index (κ1) is 20.4. The summed E-state index contributed by atoms with van der Waals surface area (Å²) in [5.74, 6) is 1.03. The predicted octanol–water partition coefficient (Wildman–Crippen LogP) is 5.29. The number of hydrogen-bond donors (Lipinski definition) is 1. The van der Waals surface area contributed by atoms with Gasteiger partial charge in [0.2, 0.25) is 0 Å². The number of benzene rings is 3. The van der Waals surface area contributed by atoms with Gasteiger partial charge in [-0.3, -0.25) is 4.79 Å². The van der Waals surface area contributed by atoms with E-state index in [0.29, 0.717) is 11.5 Å². The molecule has 0 saturated carbocycles. The molecule has 0 spiro atoms. The first-order chi connectivity index (χ1) is 13.5. The molecule has 0 unspecified atom stereocenters. The lowest BCUT2D eigenvalue weighted by atomic mass is 10.1. The number of halogens is 2. The third-order valence-corrected chi connectivity index (χ3v) is 5.41. The number of hydrogen-bond acceptors (Lipinski definition) is 4. The molecule has 0 atom stereocenters. The van der Waals surface area contributed by atoms with Crippen molar-refractivity contribution in [1.82, 2.24) is 5.43 Å². The summed E-state index contributed by atoms with van der Waals surface area (Å²) >= 11 is 7.01. The monoisotopic (exact) mass is 504 g/mol. The van der Waals surface area contributed by atoms with E-state index in [1.165, 1.54) is 0 Å². The number of methoxy groups -OCH3 is 1. The van der Waals surface area contributed by atoms with E-state index in [9.17, 15) is 4.79 Å². The van der Waals surface area contributed by atoms with Crippen LogP contribution in [0, 0.1) is 0 Å². The van der Waals surface area contributed by atoms with Crippen LogP contribution in [0.3, 0.4) is 0 Å². The van der Waals surface area contributed by atoms with Crippen LogP contribution in [0.2, 0.25) is 0 Å². The molecule has 0 heterocycles. The Kier molecular flexibility index (Phi) is 6.70. The molecular weight excluding hydrogens is 488 g/mol. The van der Waals surface area contributed by atoms with Crippen molar-refractivity contribution in [2.45, 2.75) is 6.92 Å². The van der Waals surface area contributed by atoms with Gasteiger partial charge in [0.25, 0.3) is 5.91 Å². The van der Waals surface area contributed by atoms with Crippen molar-refractivity contribution >= 4 is 54.3 Å². The van der Waals surface area contributed by atoms with E-state index in [0.717, 1.165) is 31.0 Å². The van der Waals surface area contributed by atoms with Crippen LogP contribution >= 0.6 is 31.9 Å². The molecule has 0 bridgehead atoms. The zero-order chi connectivity index (χ0) is 20.1. The van der Waals surface area contributed by atoms with Crippen LogP contribution in [0.25, 0.3) is 10.8 Å². The number of carbonyl (C=O) groups excluding carboxylic acids is 1. The summed E-state index contributed by atoms with van der Waals surface area (Å²) in [5, 5.41) is 6.20. The highest BCUT2D eigenvalue weighted by Gasteiger charge is 2.09. The van der Waals surface area contributed by atoms with Crippen molar-refractivity contribution in [2.24, 2.45) is 5.10 Å². The summed E-state index contributed by atoms with van der Waals surface area (Å²) in [6, 6.07) is 17.2. The van der Waals surface area contributed by atoms with Crippen molar-refractivity contribution in [2.75, 3.05) is 13.7 Å². The van der Waals surface area contributed by atoms with E-state index in [-0.39, 0.29) is 12.5 Å². The normalized spacial score (nSPS) is 11.4. The zero-order valence-electron chi connectivity index (χ0n) is 15.3. The molecule has 3 aromatic rings. The number of carbonyl (C=O) groups is 1. The summed E-state index contributed by atoms with van der Waals surface area (Å²) in [6.07, 6.45) is 0. The third-order valence-electron chi connectivity index (χ3n) is 4.10. The second-order valence-corrected chi connectivity index (χ2v) is 7.70. The average molecular weight is 506 g/mol. The first-order valence-corrected chi connectivity index (χ1v) is 10.0. The predicted molar refractivity (Wildman–Crippen MR) is 118 cm³/mol. The molecule has 5 nitrogen and oxygen atoms in total. The van der Waals surface area contributed by atoms with Crippen molar-refractivity contribution in [3.05, 3.63) is 69.1 Å². The number of fused-ring (bicyclic) bond motifs is 1. The Labute approximate surface area is 180 Å². The Morgan fingerprint density at radius 1 is 1.07 bits per heavy atom. The minimum absolute atomic E-state index is 0.139. The van der Waals surface area contributed by atoms with Crippen LogP contribution in [0.5, 0.6) is 11.5 Å². The molecule has 3 rings (SSSR count). The maximum Gasteiger partial charge on any atom is 0.277 e. The van der Waals surface area contributed by atoms with Crippen LogP contribution in [0.4, 0.5) is 0 Å². The highest BCUT2D eigenvalue weighted by molar-refractivity contribution is 9.11. The number of ether oxygens (including phenoxy) is 2. The maximum absolute atomic E-state index is 12.1. The van der Waals surface area contributed by atoms with Crippen LogP contribution in [0.1, 0.15) is 12.5 Å². The smallest absolute Gasteiger partial charge is 0.277 e. The van der Waals surface area contributed by atoms with Gasteiger partial charge in [-0.2, -0.15) is 5.10 Å². The van der Waals surface area contributed by atoms with Gasteiger partial charge in [0.15, 0.2) is 6.61 Å². The topological polar surface area (TPSA) is 59.9 Å². The largest absolute Gasteiger partial charge is 0.497 e. The van der Waals surface area contributed by atoms with E-state index < -0.39 is 0 Å². The fourth-order valence-corrected chi connectivity index (χ4v) is 3.56. The average Bonchev–Trinajstić information content (AvgIpc) is 2.71. The lowest BCUT2D eigenvalue weighted by molar-refractivity contribution is -0.123. The number of nitrogens with one attached hydrogen (secondary N) is 1. The van der Waals surface area contributed by atoms with Crippen molar-refractivity contribution < 1.29 is 14.3 Å². The van der Waals surface area contributed by atoms with E-state index in [1.54, 1.807) is 7.11 Å². The Bertz CT molecular complexity index is 1030. The van der Waals surface area contributed by atoms with Gasteiger partial charge in [0.1, 0.15) is 11.5 Å². The SMILES string of the molecule is COc1ccc(/C(C)=N/NC(=O)COc2ccc3cc(Br)ccc3c2Br)cc1. The van der Waals surface area contributed by atoms with Gasteiger partial charge in [0, 0.05) is 4.47 Å². The molecule has 0 aliphatic heterocycles. The zero-order valence-corrected chi connectivity index (χ0v) is 18.5. The summed E-state index contributed by atoms with van der Waals surface area (Å²) < 4.78 is 12.6. The number of hydrazone groups is 1. The number of amides is 1.